The van der Waals surface area contributed by atoms with Gasteiger partial charge in [0.1, 0.15) is 12.1 Å². The lowest BCUT2D eigenvalue weighted by Gasteiger charge is -2.30. The van der Waals surface area contributed by atoms with Gasteiger partial charge in [-0.2, -0.15) is 0 Å². The van der Waals surface area contributed by atoms with Gasteiger partial charge in [-0.05, 0) is 29.0 Å². The highest BCUT2D eigenvalue weighted by atomic mass is 32.1. The Hall–Kier alpha value is -1.94. The molecule has 0 saturated carbocycles. The lowest BCUT2D eigenvalue weighted by Crippen LogP contribution is -2.24. The van der Waals surface area contributed by atoms with E-state index in [0.29, 0.717) is 5.92 Å². The van der Waals surface area contributed by atoms with Crippen LogP contribution in [0.1, 0.15) is 17.0 Å². The molecule has 2 aromatic heterocycles. The molecular formula is C15H13N3S. The summed E-state index contributed by atoms with van der Waals surface area (Å²) in [5.41, 5.74) is 3.99. The molecule has 0 amide bonds. The van der Waals surface area contributed by atoms with Crippen molar-refractivity contribution in [1.82, 2.24) is 9.97 Å². The summed E-state index contributed by atoms with van der Waals surface area (Å²) in [6.45, 7) is 0.945. The maximum absolute atomic E-state index is 4.35. The Kier molecular flexibility index (Phi) is 2.48. The summed E-state index contributed by atoms with van der Waals surface area (Å²) in [5.74, 6) is 1.57. The van der Waals surface area contributed by atoms with Crippen LogP contribution in [0.5, 0.6) is 0 Å². The van der Waals surface area contributed by atoms with E-state index in [1.165, 1.54) is 17.5 Å². The lowest BCUT2D eigenvalue weighted by atomic mass is 9.77. The van der Waals surface area contributed by atoms with Gasteiger partial charge in [0.25, 0.3) is 0 Å². The van der Waals surface area contributed by atoms with Crippen molar-refractivity contribution in [3.63, 3.8) is 0 Å². The normalized spacial score (nSPS) is 16.9. The van der Waals surface area contributed by atoms with Crippen molar-refractivity contribution in [2.45, 2.75) is 12.3 Å². The summed E-state index contributed by atoms with van der Waals surface area (Å²) < 4.78 is 1.15. The minimum atomic E-state index is 0.612. The maximum Gasteiger partial charge on any atom is 0.147 e. The lowest BCUT2D eigenvalue weighted by molar-refractivity contribution is 0.635. The molecule has 3 aromatic rings. The third-order valence-corrected chi connectivity index (χ3v) is 4.63. The van der Waals surface area contributed by atoms with Gasteiger partial charge in [-0.15, -0.1) is 11.3 Å². The van der Waals surface area contributed by atoms with Gasteiger partial charge < -0.3 is 5.32 Å². The van der Waals surface area contributed by atoms with Gasteiger partial charge in [0.2, 0.25) is 0 Å². The van der Waals surface area contributed by atoms with Crippen molar-refractivity contribution < 1.29 is 0 Å². The first kappa shape index (κ1) is 10.9. The Morgan fingerprint density at radius 1 is 1.21 bits per heavy atom. The predicted octanol–water partition coefficient (Wildman–Crippen LogP) is 3.44. The highest BCUT2D eigenvalue weighted by Crippen LogP contribution is 2.35. The summed E-state index contributed by atoms with van der Waals surface area (Å²) in [6.07, 6.45) is 2.80. The highest BCUT2D eigenvalue weighted by Gasteiger charge is 2.25. The van der Waals surface area contributed by atoms with E-state index in [1.54, 1.807) is 17.7 Å². The number of nitrogens with zero attached hydrogens (tertiary/aromatic N) is 2. The Labute approximate surface area is 115 Å². The van der Waals surface area contributed by atoms with Gasteiger partial charge in [-0.25, -0.2) is 9.97 Å². The van der Waals surface area contributed by atoms with Crippen LogP contribution >= 0.6 is 11.3 Å². The summed E-state index contributed by atoms with van der Waals surface area (Å²) in [5, 5.41) is 5.53. The van der Waals surface area contributed by atoms with Crippen LogP contribution < -0.4 is 5.32 Å². The molecule has 2 heterocycles. The van der Waals surface area contributed by atoms with Crippen LogP contribution in [0.25, 0.3) is 10.2 Å². The van der Waals surface area contributed by atoms with E-state index in [2.05, 4.69) is 44.9 Å². The van der Waals surface area contributed by atoms with Crippen molar-refractivity contribution in [3.8, 4) is 0 Å². The summed E-state index contributed by atoms with van der Waals surface area (Å²) in [7, 11) is 0. The number of anilines is 1. The topological polar surface area (TPSA) is 37.8 Å². The van der Waals surface area contributed by atoms with E-state index in [1.807, 2.05) is 6.07 Å². The van der Waals surface area contributed by atoms with Crippen LogP contribution in [0.4, 0.5) is 5.82 Å². The van der Waals surface area contributed by atoms with E-state index < -0.39 is 0 Å². The number of fused-ring (bicyclic) bond motifs is 2. The third-order valence-electron chi connectivity index (χ3n) is 3.72. The van der Waals surface area contributed by atoms with Gasteiger partial charge in [0, 0.05) is 12.5 Å². The summed E-state index contributed by atoms with van der Waals surface area (Å²) in [6, 6.07) is 10.7. The number of rotatable bonds is 3. The van der Waals surface area contributed by atoms with Crippen LogP contribution in [0.3, 0.4) is 0 Å². The molecule has 1 aliphatic rings. The van der Waals surface area contributed by atoms with Gasteiger partial charge in [-0.1, -0.05) is 24.3 Å². The van der Waals surface area contributed by atoms with Crippen molar-refractivity contribution >= 4 is 27.4 Å². The minimum absolute atomic E-state index is 0.612. The second kappa shape index (κ2) is 4.31. The second-order valence-corrected chi connectivity index (χ2v) is 5.75. The van der Waals surface area contributed by atoms with Crippen LogP contribution in [-0.4, -0.2) is 16.5 Å². The molecule has 0 fully saturated rings. The van der Waals surface area contributed by atoms with E-state index in [-0.39, 0.29) is 0 Å². The first-order chi connectivity index (χ1) is 9.42. The Balaban J connectivity index is 1.53. The monoisotopic (exact) mass is 267 g/mol. The molecule has 4 rings (SSSR count). The SMILES string of the molecule is c1ccc2c(c1)CC2CNc1ncnc2ccsc12. The molecule has 1 N–H and O–H groups in total. The summed E-state index contributed by atoms with van der Waals surface area (Å²) in [4.78, 5) is 8.61. The molecule has 0 spiro atoms. The van der Waals surface area contributed by atoms with Crippen LogP contribution in [0.15, 0.2) is 42.0 Å². The van der Waals surface area contributed by atoms with Crippen molar-refractivity contribution in [2.24, 2.45) is 0 Å². The van der Waals surface area contributed by atoms with Gasteiger partial charge in [0.15, 0.2) is 0 Å². The van der Waals surface area contributed by atoms with Gasteiger partial charge in [-0.3, -0.25) is 0 Å². The molecule has 1 aliphatic carbocycles. The fourth-order valence-corrected chi connectivity index (χ4v) is 3.49. The summed E-state index contributed by atoms with van der Waals surface area (Å²) >= 11 is 1.69. The Morgan fingerprint density at radius 2 is 2.16 bits per heavy atom. The molecule has 4 heteroatoms. The number of aromatic nitrogens is 2. The Bertz CT molecular complexity index is 735. The maximum atomic E-state index is 4.35. The molecule has 0 saturated heterocycles. The first-order valence-corrected chi connectivity index (χ1v) is 7.29. The minimum Gasteiger partial charge on any atom is -0.368 e. The van der Waals surface area contributed by atoms with Crippen LogP contribution in [0, 0.1) is 0 Å². The molecule has 1 atom stereocenters. The van der Waals surface area contributed by atoms with Crippen molar-refractivity contribution in [1.29, 1.82) is 0 Å². The first-order valence-electron chi connectivity index (χ1n) is 6.42. The largest absolute Gasteiger partial charge is 0.368 e. The fraction of sp³-hybridized carbons (Fsp3) is 0.200. The molecule has 1 aromatic carbocycles. The molecule has 0 radical (unpaired) electrons. The number of thiophene rings is 1. The highest BCUT2D eigenvalue weighted by molar-refractivity contribution is 7.17. The van der Waals surface area contributed by atoms with E-state index in [9.17, 15) is 0 Å². The smallest absolute Gasteiger partial charge is 0.147 e. The quantitative estimate of drug-likeness (QED) is 0.790. The fourth-order valence-electron chi connectivity index (χ4n) is 2.68. The molecule has 0 bridgehead atoms. The average Bonchev–Trinajstić information content (AvgIpc) is 2.89. The van der Waals surface area contributed by atoms with Crippen LogP contribution in [-0.2, 0) is 6.42 Å². The average molecular weight is 267 g/mol. The molecular weight excluding hydrogens is 254 g/mol. The molecule has 94 valence electrons. The molecule has 0 aliphatic heterocycles. The standard InChI is InChI=1S/C15H13N3S/c1-2-4-12-10(3-1)7-11(12)8-16-15-14-13(5-6-19-14)17-9-18-15/h1-6,9,11H,7-8H2,(H,16,17,18). The van der Waals surface area contributed by atoms with E-state index in [4.69, 9.17) is 0 Å². The number of nitrogens with one attached hydrogen (secondary N) is 1. The van der Waals surface area contributed by atoms with Gasteiger partial charge in [0.05, 0.1) is 10.2 Å². The van der Waals surface area contributed by atoms with Crippen molar-refractivity contribution in [2.75, 3.05) is 11.9 Å². The van der Waals surface area contributed by atoms with Gasteiger partial charge >= 0.3 is 0 Å². The predicted molar refractivity (Wildman–Crippen MR) is 78.8 cm³/mol. The number of hydrogen-bond donors (Lipinski definition) is 1. The number of benzene rings is 1. The Morgan fingerprint density at radius 3 is 3.11 bits per heavy atom. The second-order valence-electron chi connectivity index (χ2n) is 4.84. The van der Waals surface area contributed by atoms with E-state index >= 15 is 0 Å². The van der Waals surface area contributed by atoms with Crippen LogP contribution in [0.2, 0.25) is 0 Å². The molecule has 1 unspecified atom stereocenters. The van der Waals surface area contributed by atoms with Crippen molar-refractivity contribution in [3.05, 3.63) is 53.2 Å². The zero-order valence-corrected chi connectivity index (χ0v) is 11.2. The van der Waals surface area contributed by atoms with E-state index in [0.717, 1.165) is 22.6 Å². The zero-order chi connectivity index (χ0) is 12.7. The third kappa shape index (κ3) is 1.79. The molecule has 3 nitrogen and oxygen atoms in total. The number of hydrogen-bond acceptors (Lipinski definition) is 4. The molecule has 19 heavy (non-hydrogen) atoms. The zero-order valence-electron chi connectivity index (χ0n) is 10.3.